The van der Waals surface area contributed by atoms with Gasteiger partial charge in [0.25, 0.3) is 0 Å². The van der Waals surface area contributed by atoms with E-state index in [2.05, 4.69) is 5.10 Å². The number of amides is 1. The standard InChI is InChI=1S/C8H6ClN2O/c9-11(6-12)8-4-2-1-3-7(8)5-10-11/h1-6H/q+1/t11-/m0/s1. The van der Waals surface area contributed by atoms with Crippen LogP contribution in [0.5, 0.6) is 0 Å². The van der Waals surface area contributed by atoms with Crippen molar-refractivity contribution < 1.29 is 4.79 Å². The Morgan fingerprint density at radius 3 is 2.92 bits per heavy atom. The molecule has 2 rings (SSSR count). The van der Waals surface area contributed by atoms with Gasteiger partial charge < -0.3 is 0 Å². The van der Waals surface area contributed by atoms with Crippen molar-refractivity contribution in [2.75, 3.05) is 0 Å². The summed E-state index contributed by atoms with van der Waals surface area (Å²) in [5, 5.41) is 3.86. The molecule has 1 aliphatic rings. The van der Waals surface area contributed by atoms with Crippen molar-refractivity contribution >= 4 is 30.1 Å². The van der Waals surface area contributed by atoms with Crippen LogP contribution in [0.2, 0.25) is 0 Å². The number of fused-ring (bicyclic) bond motifs is 1. The molecular formula is C8H6ClN2O+. The van der Waals surface area contributed by atoms with Crippen LogP contribution in [0.25, 0.3) is 0 Å². The fourth-order valence-corrected chi connectivity index (χ4v) is 1.37. The Labute approximate surface area is 74.6 Å². The normalized spacial score (nSPS) is 25.4. The molecule has 1 heterocycles. The highest BCUT2D eigenvalue weighted by Crippen LogP contribution is 2.32. The molecule has 0 fully saturated rings. The highest BCUT2D eigenvalue weighted by Gasteiger charge is 2.36. The van der Waals surface area contributed by atoms with Gasteiger partial charge in [-0.3, -0.25) is 0 Å². The van der Waals surface area contributed by atoms with Gasteiger partial charge in [0.2, 0.25) is 11.8 Å². The maximum Gasteiger partial charge on any atom is 0.351 e. The zero-order valence-electron chi connectivity index (χ0n) is 6.14. The van der Waals surface area contributed by atoms with E-state index >= 15 is 0 Å². The van der Waals surface area contributed by atoms with Gasteiger partial charge in [0.1, 0.15) is 0 Å². The number of para-hydroxylation sites is 1. The Morgan fingerprint density at radius 1 is 1.42 bits per heavy atom. The lowest BCUT2D eigenvalue weighted by atomic mass is 10.2. The minimum Gasteiger partial charge on any atom is -0.229 e. The summed E-state index contributed by atoms with van der Waals surface area (Å²) in [5.74, 6) is 0. The van der Waals surface area contributed by atoms with E-state index in [1.54, 1.807) is 12.3 Å². The first-order valence-electron chi connectivity index (χ1n) is 3.46. The van der Waals surface area contributed by atoms with Crippen LogP contribution in [0.1, 0.15) is 5.56 Å². The molecule has 0 saturated carbocycles. The van der Waals surface area contributed by atoms with Gasteiger partial charge in [0, 0.05) is 6.07 Å². The number of carbonyl (C=O) groups excluding carboxylic acids is 1. The van der Waals surface area contributed by atoms with Crippen LogP contribution in [0.3, 0.4) is 0 Å². The highest BCUT2D eigenvalue weighted by molar-refractivity contribution is 6.29. The zero-order chi connectivity index (χ0) is 8.60. The summed E-state index contributed by atoms with van der Waals surface area (Å²) in [6.45, 7) is 0. The van der Waals surface area contributed by atoms with E-state index in [1.807, 2.05) is 18.2 Å². The maximum absolute atomic E-state index is 10.6. The number of benzene rings is 1. The molecule has 0 aromatic heterocycles. The van der Waals surface area contributed by atoms with E-state index in [0.717, 1.165) is 5.56 Å². The molecule has 1 amide bonds. The summed E-state index contributed by atoms with van der Waals surface area (Å²) in [4.78, 5) is 10.6. The van der Waals surface area contributed by atoms with Crippen molar-refractivity contribution in [2.24, 2.45) is 5.10 Å². The lowest BCUT2D eigenvalue weighted by Gasteiger charge is -2.08. The summed E-state index contributed by atoms with van der Waals surface area (Å²) in [7, 11) is 0. The van der Waals surface area contributed by atoms with Gasteiger partial charge in [-0.15, -0.1) is 0 Å². The van der Waals surface area contributed by atoms with Gasteiger partial charge in [0.15, 0.2) is 5.69 Å². The van der Waals surface area contributed by atoms with Crippen molar-refractivity contribution in [2.45, 2.75) is 0 Å². The zero-order valence-corrected chi connectivity index (χ0v) is 6.90. The van der Waals surface area contributed by atoms with E-state index in [4.69, 9.17) is 11.8 Å². The van der Waals surface area contributed by atoms with E-state index in [9.17, 15) is 4.79 Å². The molecular weight excluding hydrogens is 176 g/mol. The third-order valence-corrected chi connectivity index (χ3v) is 2.13. The molecule has 0 radical (unpaired) electrons. The van der Waals surface area contributed by atoms with Crippen LogP contribution in [-0.4, -0.2) is 12.6 Å². The third-order valence-electron chi connectivity index (χ3n) is 1.78. The summed E-state index contributed by atoms with van der Waals surface area (Å²) in [5.41, 5.74) is 1.59. The first-order valence-corrected chi connectivity index (χ1v) is 3.80. The van der Waals surface area contributed by atoms with E-state index in [1.165, 1.54) is 0 Å². The number of halogens is 1. The molecule has 1 aromatic rings. The molecule has 0 spiro atoms. The lowest BCUT2D eigenvalue weighted by molar-refractivity contribution is -0.113. The Morgan fingerprint density at radius 2 is 2.17 bits per heavy atom. The number of rotatable bonds is 1. The molecule has 4 heteroatoms. The highest BCUT2D eigenvalue weighted by atomic mass is 35.5. The monoisotopic (exact) mass is 181 g/mol. The fourth-order valence-electron chi connectivity index (χ4n) is 1.17. The quantitative estimate of drug-likeness (QED) is 0.479. The molecule has 1 aromatic carbocycles. The second kappa shape index (κ2) is 2.40. The van der Waals surface area contributed by atoms with Crippen LogP contribution in [0.4, 0.5) is 5.69 Å². The molecule has 0 saturated heterocycles. The smallest absolute Gasteiger partial charge is 0.229 e. The molecule has 1 atom stereocenters. The van der Waals surface area contributed by atoms with Gasteiger partial charge in [-0.1, -0.05) is 17.2 Å². The van der Waals surface area contributed by atoms with Gasteiger partial charge in [-0.05, 0) is 10.2 Å². The molecule has 0 aliphatic carbocycles. The summed E-state index contributed by atoms with van der Waals surface area (Å²) in [6.07, 6.45) is 2.18. The average molecular weight is 182 g/mol. The van der Waals surface area contributed by atoms with Gasteiger partial charge in [-0.2, -0.15) is 0 Å². The Hall–Kier alpha value is -1.19. The largest absolute Gasteiger partial charge is 0.351 e. The van der Waals surface area contributed by atoms with E-state index in [-0.39, 0.29) is 0 Å². The van der Waals surface area contributed by atoms with Crippen molar-refractivity contribution in [3.05, 3.63) is 29.8 Å². The summed E-state index contributed by atoms with van der Waals surface area (Å²) in [6, 6.07) is 7.35. The number of hydrogen-bond acceptors (Lipinski definition) is 2. The van der Waals surface area contributed by atoms with Crippen molar-refractivity contribution in [3.63, 3.8) is 0 Å². The second-order valence-corrected chi connectivity index (χ2v) is 3.03. The molecule has 0 unspecified atom stereocenters. The van der Waals surface area contributed by atoms with Crippen molar-refractivity contribution in [3.8, 4) is 0 Å². The van der Waals surface area contributed by atoms with Gasteiger partial charge >= 0.3 is 6.41 Å². The molecule has 3 nitrogen and oxygen atoms in total. The van der Waals surface area contributed by atoms with E-state index < -0.39 is 4.11 Å². The lowest BCUT2D eigenvalue weighted by Crippen LogP contribution is -2.28. The predicted octanol–water partition coefficient (Wildman–Crippen LogP) is 1.65. The topological polar surface area (TPSA) is 29.4 Å². The average Bonchev–Trinajstić information content (AvgIpc) is 2.46. The first-order chi connectivity index (χ1) is 5.76. The third kappa shape index (κ3) is 0.873. The Bertz CT molecular complexity index is 364. The van der Waals surface area contributed by atoms with Crippen LogP contribution in [-0.2, 0) is 4.79 Å². The van der Waals surface area contributed by atoms with Crippen LogP contribution >= 0.6 is 11.8 Å². The van der Waals surface area contributed by atoms with Crippen molar-refractivity contribution in [1.82, 2.24) is 4.11 Å². The van der Waals surface area contributed by atoms with Crippen LogP contribution < -0.4 is 4.11 Å². The summed E-state index contributed by atoms with van der Waals surface area (Å²) < 4.78 is -0.518. The second-order valence-electron chi connectivity index (χ2n) is 2.51. The molecule has 12 heavy (non-hydrogen) atoms. The number of carbonyl (C=O) groups is 1. The van der Waals surface area contributed by atoms with Gasteiger partial charge in [0.05, 0.1) is 11.8 Å². The molecule has 1 aliphatic heterocycles. The predicted molar refractivity (Wildman–Crippen MR) is 47.7 cm³/mol. The fraction of sp³-hybridized carbons (Fsp3) is 0. The maximum atomic E-state index is 10.6. The Kier molecular flexibility index (Phi) is 1.49. The number of quaternary nitrogens is 1. The van der Waals surface area contributed by atoms with Gasteiger partial charge in [-0.25, -0.2) is 4.79 Å². The minimum atomic E-state index is -0.518. The van der Waals surface area contributed by atoms with Crippen LogP contribution in [0, 0.1) is 0 Å². The van der Waals surface area contributed by atoms with Crippen LogP contribution in [0.15, 0.2) is 29.4 Å². The number of nitrogens with zero attached hydrogens (tertiary/aromatic N) is 2. The number of hydrogen-bond donors (Lipinski definition) is 0. The molecule has 60 valence electrons. The first kappa shape index (κ1) is 7.46. The SMILES string of the molecule is O=C[N@+]1(Cl)N=Cc2ccccc21. The molecule has 0 N–H and O–H groups in total. The molecule has 0 bridgehead atoms. The summed E-state index contributed by atoms with van der Waals surface area (Å²) >= 11 is 5.86. The van der Waals surface area contributed by atoms with Crippen molar-refractivity contribution in [1.29, 1.82) is 0 Å². The minimum absolute atomic E-state index is 0.518. The Balaban J connectivity index is 2.63. The van der Waals surface area contributed by atoms with E-state index in [0.29, 0.717) is 12.1 Å².